The van der Waals surface area contributed by atoms with Crippen molar-refractivity contribution in [2.45, 2.75) is 42.7 Å². The lowest BCUT2D eigenvalue weighted by Crippen LogP contribution is -2.36. The van der Waals surface area contributed by atoms with E-state index < -0.39 is 0 Å². The molecule has 1 saturated carbocycles. The maximum absolute atomic E-state index is 12.2. The molecule has 0 saturated heterocycles. The van der Waals surface area contributed by atoms with Crippen LogP contribution in [0, 0.1) is 0 Å². The highest BCUT2D eigenvalue weighted by Crippen LogP contribution is 2.30. The molecule has 4 rings (SSSR count). The lowest BCUT2D eigenvalue weighted by Gasteiger charge is -2.29. The SMILES string of the molecule is O=c1oc2ccccc2n1C1CCC(NCCSc2ccccc2)CC1. The fraction of sp³-hybridized carbons (Fsp3) is 0.381. The molecule has 0 amide bonds. The van der Waals surface area contributed by atoms with E-state index in [2.05, 4.69) is 35.6 Å². The molecular weight excluding hydrogens is 344 g/mol. The van der Waals surface area contributed by atoms with Crippen molar-refractivity contribution in [1.29, 1.82) is 0 Å². The van der Waals surface area contributed by atoms with Gasteiger partial charge in [0.05, 0.1) is 5.52 Å². The monoisotopic (exact) mass is 368 g/mol. The van der Waals surface area contributed by atoms with Gasteiger partial charge in [-0.15, -0.1) is 11.8 Å². The smallest absolute Gasteiger partial charge is 0.408 e. The molecule has 1 aliphatic rings. The van der Waals surface area contributed by atoms with E-state index in [0.717, 1.165) is 43.5 Å². The van der Waals surface area contributed by atoms with Crippen molar-refractivity contribution < 1.29 is 4.42 Å². The lowest BCUT2D eigenvalue weighted by molar-refractivity contribution is 0.286. The Morgan fingerprint density at radius 3 is 2.54 bits per heavy atom. The molecule has 3 aromatic rings. The second-order valence-electron chi connectivity index (χ2n) is 6.83. The molecule has 1 aliphatic carbocycles. The van der Waals surface area contributed by atoms with Crippen LogP contribution in [0.1, 0.15) is 31.7 Å². The van der Waals surface area contributed by atoms with Crippen molar-refractivity contribution in [1.82, 2.24) is 9.88 Å². The summed E-state index contributed by atoms with van der Waals surface area (Å²) in [7, 11) is 0. The molecule has 0 spiro atoms. The van der Waals surface area contributed by atoms with Crippen LogP contribution in [0.4, 0.5) is 0 Å². The zero-order valence-electron chi connectivity index (χ0n) is 14.8. The molecule has 2 aromatic carbocycles. The van der Waals surface area contributed by atoms with Gasteiger partial charge in [-0.25, -0.2) is 4.79 Å². The molecule has 5 heteroatoms. The highest BCUT2D eigenvalue weighted by atomic mass is 32.2. The number of hydrogen-bond donors (Lipinski definition) is 1. The number of benzene rings is 2. The first-order chi connectivity index (χ1) is 12.8. The number of hydrogen-bond acceptors (Lipinski definition) is 4. The van der Waals surface area contributed by atoms with Crippen molar-refractivity contribution in [3.05, 3.63) is 65.1 Å². The van der Waals surface area contributed by atoms with Gasteiger partial charge >= 0.3 is 5.76 Å². The third-order valence-electron chi connectivity index (χ3n) is 5.13. The minimum atomic E-state index is -0.220. The van der Waals surface area contributed by atoms with E-state index >= 15 is 0 Å². The van der Waals surface area contributed by atoms with E-state index in [1.165, 1.54) is 4.90 Å². The summed E-state index contributed by atoms with van der Waals surface area (Å²) >= 11 is 1.89. The molecule has 0 bridgehead atoms. The Kier molecular flexibility index (Phi) is 5.46. The second kappa shape index (κ2) is 8.14. The molecule has 136 valence electrons. The van der Waals surface area contributed by atoms with E-state index in [0.29, 0.717) is 11.6 Å². The minimum absolute atomic E-state index is 0.220. The Morgan fingerprint density at radius 1 is 1.00 bits per heavy atom. The van der Waals surface area contributed by atoms with Crippen LogP contribution < -0.4 is 11.1 Å². The highest BCUT2D eigenvalue weighted by Gasteiger charge is 2.25. The van der Waals surface area contributed by atoms with E-state index in [1.807, 2.05) is 40.6 Å². The van der Waals surface area contributed by atoms with Crippen LogP contribution in [-0.2, 0) is 0 Å². The van der Waals surface area contributed by atoms with Gasteiger partial charge in [0, 0.05) is 29.3 Å². The van der Waals surface area contributed by atoms with Crippen LogP contribution >= 0.6 is 11.8 Å². The Balaban J connectivity index is 1.27. The average Bonchev–Trinajstić information content (AvgIpc) is 3.02. The van der Waals surface area contributed by atoms with E-state index in [4.69, 9.17) is 4.42 Å². The number of nitrogens with one attached hydrogen (secondary N) is 1. The van der Waals surface area contributed by atoms with E-state index in [9.17, 15) is 4.79 Å². The summed E-state index contributed by atoms with van der Waals surface area (Å²) in [5, 5.41) is 3.68. The van der Waals surface area contributed by atoms with Crippen LogP contribution in [0.2, 0.25) is 0 Å². The molecule has 1 heterocycles. The van der Waals surface area contributed by atoms with Crippen molar-refractivity contribution in [3.63, 3.8) is 0 Å². The number of para-hydroxylation sites is 2. The average molecular weight is 369 g/mol. The number of nitrogens with zero attached hydrogens (tertiary/aromatic N) is 1. The summed E-state index contributed by atoms with van der Waals surface area (Å²) in [6.45, 7) is 1.02. The number of fused-ring (bicyclic) bond motifs is 1. The molecule has 1 N–H and O–H groups in total. The van der Waals surface area contributed by atoms with Crippen LogP contribution in [0.5, 0.6) is 0 Å². The molecule has 4 nitrogen and oxygen atoms in total. The summed E-state index contributed by atoms with van der Waals surface area (Å²) < 4.78 is 7.25. The van der Waals surface area contributed by atoms with Gasteiger partial charge in [-0.1, -0.05) is 30.3 Å². The van der Waals surface area contributed by atoms with E-state index in [1.54, 1.807) is 0 Å². The van der Waals surface area contributed by atoms with E-state index in [-0.39, 0.29) is 11.8 Å². The van der Waals surface area contributed by atoms with Gasteiger partial charge in [-0.2, -0.15) is 0 Å². The Hall–Kier alpha value is -1.98. The first-order valence-electron chi connectivity index (χ1n) is 9.32. The molecule has 1 fully saturated rings. The Morgan fingerprint density at radius 2 is 1.73 bits per heavy atom. The summed E-state index contributed by atoms with van der Waals surface area (Å²) in [5.41, 5.74) is 1.61. The Bertz CT molecular complexity index is 895. The van der Waals surface area contributed by atoms with Gasteiger partial charge in [-0.3, -0.25) is 4.57 Å². The number of oxazole rings is 1. The molecule has 26 heavy (non-hydrogen) atoms. The quantitative estimate of drug-likeness (QED) is 0.515. The van der Waals surface area contributed by atoms with Crippen LogP contribution in [0.25, 0.3) is 11.1 Å². The predicted molar refractivity (Wildman–Crippen MR) is 107 cm³/mol. The summed E-state index contributed by atoms with van der Waals surface area (Å²) in [6, 6.07) is 19.0. The van der Waals surface area contributed by atoms with Gasteiger partial charge in [0.2, 0.25) is 0 Å². The largest absolute Gasteiger partial charge is 0.420 e. The van der Waals surface area contributed by atoms with Crippen LogP contribution in [0.3, 0.4) is 0 Å². The van der Waals surface area contributed by atoms with Crippen molar-refractivity contribution >= 4 is 22.9 Å². The molecule has 0 atom stereocenters. The number of aromatic nitrogens is 1. The zero-order valence-corrected chi connectivity index (χ0v) is 15.6. The fourth-order valence-electron chi connectivity index (χ4n) is 3.82. The molecule has 0 unspecified atom stereocenters. The number of thioether (sulfide) groups is 1. The van der Waals surface area contributed by atoms with Gasteiger partial charge in [0.15, 0.2) is 5.58 Å². The van der Waals surface area contributed by atoms with Crippen molar-refractivity contribution in [3.8, 4) is 0 Å². The van der Waals surface area contributed by atoms with Gasteiger partial charge < -0.3 is 9.73 Å². The first kappa shape index (κ1) is 17.4. The van der Waals surface area contributed by atoms with Crippen LogP contribution in [0.15, 0.2) is 68.7 Å². The van der Waals surface area contributed by atoms with Crippen molar-refractivity contribution in [2.24, 2.45) is 0 Å². The lowest BCUT2D eigenvalue weighted by atomic mass is 9.91. The molecule has 0 aliphatic heterocycles. The Labute approximate surface area is 157 Å². The summed E-state index contributed by atoms with van der Waals surface area (Å²) in [6.07, 6.45) is 4.25. The fourth-order valence-corrected chi connectivity index (χ4v) is 4.62. The topological polar surface area (TPSA) is 47.2 Å². The third kappa shape index (κ3) is 3.89. The first-order valence-corrected chi connectivity index (χ1v) is 10.3. The molecule has 1 aromatic heterocycles. The summed E-state index contributed by atoms with van der Waals surface area (Å²) in [5.74, 6) is 0.859. The summed E-state index contributed by atoms with van der Waals surface area (Å²) in [4.78, 5) is 13.6. The maximum Gasteiger partial charge on any atom is 0.420 e. The number of rotatable bonds is 6. The van der Waals surface area contributed by atoms with Gasteiger partial charge in [0.1, 0.15) is 0 Å². The highest BCUT2D eigenvalue weighted by molar-refractivity contribution is 7.99. The predicted octanol–water partition coefficient (Wildman–Crippen LogP) is 4.46. The van der Waals surface area contributed by atoms with Crippen molar-refractivity contribution in [2.75, 3.05) is 12.3 Å². The molecule has 0 radical (unpaired) electrons. The van der Waals surface area contributed by atoms with Gasteiger partial charge in [0.25, 0.3) is 0 Å². The zero-order chi connectivity index (χ0) is 17.8. The molecular formula is C21H24N2O2S. The second-order valence-corrected chi connectivity index (χ2v) is 8.00. The normalized spacial score (nSPS) is 20.5. The van der Waals surface area contributed by atoms with Crippen LogP contribution in [-0.4, -0.2) is 22.9 Å². The standard InChI is InChI=1S/C21H24N2O2S/c24-21-23(19-8-4-5-9-20(19)25-21)17-12-10-16(11-13-17)22-14-15-26-18-6-2-1-3-7-18/h1-9,16-17,22H,10-15H2. The van der Waals surface area contributed by atoms with Gasteiger partial charge in [-0.05, 0) is 49.9 Å². The maximum atomic E-state index is 12.2. The third-order valence-corrected chi connectivity index (χ3v) is 6.14. The minimum Gasteiger partial charge on any atom is -0.408 e.